The Morgan fingerprint density at radius 1 is 1.04 bits per heavy atom. The number of hydrogen-bond donors (Lipinski definition) is 2. The number of aromatic amines is 1. The molecule has 2 N–H and O–H groups in total. The van der Waals surface area contributed by atoms with Crippen LogP contribution < -0.4 is 10.4 Å². The van der Waals surface area contributed by atoms with Crippen LogP contribution in [-0.4, -0.2) is 22.2 Å². The van der Waals surface area contributed by atoms with Crippen molar-refractivity contribution in [3.05, 3.63) is 64.6 Å². The summed E-state index contributed by atoms with van der Waals surface area (Å²) >= 11 is 0. The molecule has 1 heterocycles. The molecule has 3 aromatic rings. The van der Waals surface area contributed by atoms with E-state index in [4.69, 9.17) is 4.74 Å². The summed E-state index contributed by atoms with van der Waals surface area (Å²) in [5.41, 5.74) is 0.108. The summed E-state index contributed by atoms with van der Waals surface area (Å²) in [5.74, 6) is 0.143. The standard InChI is InChI=1S/C18H13F3N2O3/c1-26-16-8-11(4-7-15(16)24)14-9-13(22-17(25)23-14)10-2-5-12(6-3-10)18(19,20)21/h2-9,24H,1H3,(H,22,23,25). The second-order valence-electron chi connectivity index (χ2n) is 5.45. The van der Waals surface area contributed by atoms with Crippen LogP contribution in [0.3, 0.4) is 0 Å². The number of alkyl halides is 3. The highest BCUT2D eigenvalue weighted by Gasteiger charge is 2.30. The normalized spacial score (nSPS) is 11.4. The second-order valence-corrected chi connectivity index (χ2v) is 5.45. The van der Waals surface area contributed by atoms with Gasteiger partial charge in [-0.15, -0.1) is 0 Å². The molecule has 5 nitrogen and oxygen atoms in total. The summed E-state index contributed by atoms with van der Waals surface area (Å²) < 4.78 is 43.1. The molecule has 0 aliphatic heterocycles. The zero-order valence-electron chi connectivity index (χ0n) is 13.5. The first kappa shape index (κ1) is 17.5. The number of hydrogen-bond acceptors (Lipinski definition) is 4. The maximum Gasteiger partial charge on any atom is 0.416 e. The number of ether oxygens (including phenoxy) is 1. The molecule has 0 radical (unpaired) electrons. The largest absolute Gasteiger partial charge is 0.504 e. The number of methoxy groups -OCH3 is 1. The minimum absolute atomic E-state index is 0.0657. The fourth-order valence-electron chi connectivity index (χ4n) is 2.44. The lowest BCUT2D eigenvalue weighted by atomic mass is 10.1. The van der Waals surface area contributed by atoms with Gasteiger partial charge in [-0.05, 0) is 42.0 Å². The van der Waals surface area contributed by atoms with Crippen LogP contribution in [0.25, 0.3) is 22.5 Å². The van der Waals surface area contributed by atoms with Gasteiger partial charge in [-0.1, -0.05) is 12.1 Å². The molecule has 0 fully saturated rings. The summed E-state index contributed by atoms with van der Waals surface area (Å²) in [4.78, 5) is 18.2. The van der Waals surface area contributed by atoms with Gasteiger partial charge in [0.1, 0.15) is 0 Å². The fraction of sp³-hybridized carbons (Fsp3) is 0.111. The molecule has 0 amide bonds. The molecule has 0 bridgehead atoms. The molecule has 0 atom stereocenters. The number of aromatic hydroxyl groups is 1. The predicted octanol–water partition coefficient (Wildman–Crippen LogP) is 3.84. The molecule has 0 spiro atoms. The second kappa shape index (κ2) is 6.55. The van der Waals surface area contributed by atoms with Gasteiger partial charge in [0, 0.05) is 5.56 Å². The molecule has 26 heavy (non-hydrogen) atoms. The van der Waals surface area contributed by atoms with Gasteiger partial charge in [0.2, 0.25) is 0 Å². The lowest BCUT2D eigenvalue weighted by Gasteiger charge is -2.09. The van der Waals surface area contributed by atoms with E-state index >= 15 is 0 Å². The molecule has 3 rings (SSSR count). The monoisotopic (exact) mass is 362 g/mol. The van der Waals surface area contributed by atoms with Gasteiger partial charge in [-0.2, -0.15) is 18.2 Å². The quantitative estimate of drug-likeness (QED) is 0.742. The molecule has 8 heteroatoms. The molecule has 2 aromatic carbocycles. The van der Waals surface area contributed by atoms with Gasteiger partial charge in [-0.3, -0.25) is 0 Å². The van der Waals surface area contributed by atoms with E-state index in [1.165, 1.54) is 37.4 Å². The Labute approximate surface area is 145 Å². The third kappa shape index (κ3) is 3.53. The average molecular weight is 362 g/mol. The van der Waals surface area contributed by atoms with Crippen molar-refractivity contribution in [1.29, 1.82) is 0 Å². The third-order valence-electron chi connectivity index (χ3n) is 3.74. The smallest absolute Gasteiger partial charge is 0.416 e. The summed E-state index contributed by atoms with van der Waals surface area (Å²) in [6.45, 7) is 0. The topological polar surface area (TPSA) is 75.2 Å². The van der Waals surface area contributed by atoms with Gasteiger partial charge < -0.3 is 14.8 Å². The number of benzene rings is 2. The van der Waals surface area contributed by atoms with E-state index in [2.05, 4.69) is 9.97 Å². The van der Waals surface area contributed by atoms with Crippen molar-refractivity contribution in [2.75, 3.05) is 7.11 Å². The summed E-state index contributed by atoms with van der Waals surface area (Å²) in [7, 11) is 1.39. The molecule has 0 saturated heterocycles. The minimum atomic E-state index is -4.43. The number of nitrogens with zero attached hydrogens (tertiary/aromatic N) is 1. The molecule has 0 unspecified atom stereocenters. The van der Waals surface area contributed by atoms with Crippen LogP contribution in [-0.2, 0) is 6.18 Å². The number of halogens is 3. The molecular weight excluding hydrogens is 349 g/mol. The van der Waals surface area contributed by atoms with E-state index in [1.54, 1.807) is 6.07 Å². The Kier molecular flexibility index (Phi) is 4.41. The average Bonchev–Trinajstić information content (AvgIpc) is 2.61. The van der Waals surface area contributed by atoms with Crippen molar-refractivity contribution in [3.8, 4) is 34.0 Å². The van der Waals surface area contributed by atoms with E-state index in [-0.39, 0.29) is 11.5 Å². The van der Waals surface area contributed by atoms with E-state index in [9.17, 15) is 23.1 Å². The van der Waals surface area contributed by atoms with E-state index in [0.29, 0.717) is 22.5 Å². The zero-order valence-corrected chi connectivity index (χ0v) is 13.5. The Hall–Kier alpha value is -3.29. The van der Waals surface area contributed by atoms with Crippen LogP contribution in [0, 0.1) is 0 Å². The lowest BCUT2D eigenvalue weighted by molar-refractivity contribution is -0.137. The summed E-state index contributed by atoms with van der Waals surface area (Å²) in [6.07, 6.45) is -4.43. The van der Waals surface area contributed by atoms with Crippen LogP contribution in [0.4, 0.5) is 13.2 Å². The number of aromatic nitrogens is 2. The van der Waals surface area contributed by atoms with Gasteiger partial charge in [0.25, 0.3) is 0 Å². The highest BCUT2D eigenvalue weighted by atomic mass is 19.4. The van der Waals surface area contributed by atoms with E-state index in [0.717, 1.165) is 12.1 Å². The van der Waals surface area contributed by atoms with Gasteiger partial charge in [0.15, 0.2) is 11.5 Å². The van der Waals surface area contributed by atoms with Crippen molar-refractivity contribution in [1.82, 2.24) is 9.97 Å². The van der Waals surface area contributed by atoms with Gasteiger partial charge >= 0.3 is 11.9 Å². The van der Waals surface area contributed by atoms with Gasteiger partial charge in [-0.25, -0.2) is 4.79 Å². The Balaban J connectivity index is 2.05. The van der Waals surface area contributed by atoms with Crippen LogP contribution in [0.2, 0.25) is 0 Å². The first-order chi connectivity index (χ1) is 12.3. The summed E-state index contributed by atoms with van der Waals surface area (Å²) in [5, 5.41) is 9.66. The van der Waals surface area contributed by atoms with Crippen molar-refractivity contribution >= 4 is 0 Å². The van der Waals surface area contributed by atoms with Crippen molar-refractivity contribution in [2.45, 2.75) is 6.18 Å². The highest BCUT2D eigenvalue weighted by Crippen LogP contribution is 2.32. The van der Waals surface area contributed by atoms with Crippen LogP contribution in [0.15, 0.2) is 53.3 Å². The lowest BCUT2D eigenvalue weighted by Crippen LogP contribution is -2.12. The molecule has 134 valence electrons. The van der Waals surface area contributed by atoms with Crippen LogP contribution in [0.5, 0.6) is 11.5 Å². The molecular formula is C18H13F3N2O3. The number of phenolic OH excluding ortho intramolecular Hbond substituents is 1. The first-order valence-corrected chi connectivity index (χ1v) is 7.44. The van der Waals surface area contributed by atoms with Crippen LogP contribution >= 0.6 is 0 Å². The van der Waals surface area contributed by atoms with Crippen molar-refractivity contribution < 1.29 is 23.0 Å². The predicted molar refractivity (Wildman–Crippen MR) is 88.9 cm³/mol. The number of phenols is 1. The molecule has 1 aromatic heterocycles. The highest BCUT2D eigenvalue weighted by molar-refractivity contribution is 5.69. The Bertz CT molecular complexity index is 996. The minimum Gasteiger partial charge on any atom is -0.504 e. The molecule has 0 saturated carbocycles. The third-order valence-corrected chi connectivity index (χ3v) is 3.74. The number of nitrogens with one attached hydrogen (secondary N) is 1. The van der Waals surface area contributed by atoms with Crippen LogP contribution in [0.1, 0.15) is 5.56 Å². The molecule has 0 aliphatic rings. The molecule has 0 aliphatic carbocycles. The van der Waals surface area contributed by atoms with Gasteiger partial charge in [0.05, 0.1) is 24.1 Å². The zero-order chi connectivity index (χ0) is 18.9. The van der Waals surface area contributed by atoms with Crippen molar-refractivity contribution in [2.24, 2.45) is 0 Å². The Morgan fingerprint density at radius 3 is 2.31 bits per heavy atom. The fourth-order valence-corrected chi connectivity index (χ4v) is 2.44. The van der Waals surface area contributed by atoms with Crippen molar-refractivity contribution in [3.63, 3.8) is 0 Å². The summed E-state index contributed by atoms with van der Waals surface area (Å²) in [6, 6.07) is 10.4. The van der Waals surface area contributed by atoms with E-state index < -0.39 is 17.4 Å². The Morgan fingerprint density at radius 2 is 1.69 bits per heavy atom. The number of rotatable bonds is 3. The maximum absolute atomic E-state index is 12.7. The van der Waals surface area contributed by atoms with E-state index in [1.807, 2.05) is 0 Å². The number of H-pyrrole nitrogens is 1. The maximum atomic E-state index is 12.7. The first-order valence-electron chi connectivity index (χ1n) is 7.44. The SMILES string of the molecule is COc1cc(-c2cc(-c3ccc(C(F)(F)F)cc3)[nH]c(=O)n2)ccc1O.